The molecule has 0 aliphatic heterocycles. The molecule has 2 aromatic rings. The Morgan fingerprint density at radius 3 is 2.79 bits per heavy atom. The van der Waals surface area contributed by atoms with Crippen molar-refractivity contribution in [2.24, 2.45) is 0 Å². The Kier molecular flexibility index (Phi) is 3.66. The quantitative estimate of drug-likeness (QED) is 0.905. The lowest BCUT2D eigenvalue weighted by Gasteiger charge is -2.09. The molecule has 98 valence electrons. The Hall–Kier alpha value is -2.15. The van der Waals surface area contributed by atoms with Crippen LogP contribution in [0.5, 0.6) is 11.6 Å². The molecule has 0 aliphatic carbocycles. The van der Waals surface area contributed by atoms with E-state index in [2.05, 4.69) is 20.9 Å². The van der Waals surface area contributed by atoms with Gasteiger partial charge >= 0.3 is 5.97 Å². The predicted molar refractivity (Wildman–Crippen MR) is 69.8 cm³/mol. The molecule has 1 aromatic carbocycles. The zero-order valence-electron chi connectivity index (χ0n) is 9.43. The first kappa shape index (κ1) is 13.3. The summed E-state index contributed by atoms with van der Waals surface area (Å²) in [6.45, 7) is 0. The fourth-order valence-electron chi connectivity index (χ4n) is 1.37. The molecule has 5 nitrogen and oxygen atoms in total. The number of aromatic carboxylic acids is 1. The summed E-state index contributed by atoms with van der Waals surface area (Å²) in [5, 5.41) is 9.03. The number of aromatic nitrogens is 1. The Morgan fingerprint density at radius 1 is 1.42 bits per heavy atom. The van der Waals surface area contributed by atoms with Gasteiger partial charge in [-0.15, -0.1) is 0 Å². The van der Waals surface area contributed by atoms with E-state index in [9.17, 15) is 9.18 Å². The van der Waals surface area contributed by atoms with Crippen molar-refractivity contribution < 1.29 is 19.0 Å². The lowest BCUT2D eigenvalue weighted by atomic mass is 10.2. The van der Waals surface area contributed by atoms with Gasteiger partial charge in [-0.2, -0.15) is 0 Å². The molecular formula is C12H8BrFN2O3. The van der Waals surface area contributed by atoms with Gasteiger partial charge in [0.2, 0.25) is 5.88 Å². The fraction of sp³-hybridized carbons (Fsp3) is 0. The molecule has 19 heavy (non-hydrogen) atoms. The van der Waals surface area contributed by atoms with Gasteiger partial charge in [-0.3, -0.25) is 0 Å². The van der Waals surface area contributed by atoms with Crippen LogP contribution in [0.2, 0.25) is 0 Å². The number of nitrogens with two attached hydrogens (primary N) is 1. The summed E-state index contributed by atoms with van der Waals surface area (Å²) in [4.78, 5) is 14.9. The van der Waals surface area contributed by atoms with Crippen molar-refractivity contribution in [1.82, 2.24) is 4.98 Å². The molecule has 0 unspecified atom stereocenters. The van der Waals surface area contributed by atoms with E-state index in [1.807, 2.05) is 0 Å². The highest BCUT2D eigenvalue weighted by Crippen LogP contribution is 2.31. The number of ether oxygens (including phenoxy) is 1. The topological polar surface area (TPSA) is 85.4 Å². The summed E-state index contributed by atoms with van der Waals surface area (Å²) in [6.07, 6.45) is 1.28. The Morgan fingerprint density at radius 2 is 2.16 bits per heavy atom. The van der Waals surface area contributed by atoms with Gasteiger partial charge in [0, 0.05) is 0 Å². The number of halogens is 2. The maximum atomic E-state index is 12.9. The van der Waals surface area contributed by atoms with E-state index in [0.29, 0.717) is 4.47 Å². The average Bonchev–Trinajstić information content (AvgIpc) is 2.34. The van der Waals surface area contributed by atoms with Crippen LogP contribution in [0.15, 0.2) is 34.9 Å². The van der Waals surface area contributed by atoms with Crippen LogP contribution < -0.4 is 10.5 Å². The maximum absolute atomic E-state index is 12.9. The number of anilines is 1. The average molecular weight is 327 g/mol. The minimum atomic E-state index is -1.21. The third-order valence-electron chi connectivity index (χ3n) is 2.20. The van der Waals surface area contributed by atoms with Crippen molar-refractivity contribution in [2.45, 2.75) is 0 Å². The number of nitrogens with zero attached hydrogens (tertiary/aromatic N) is 1. The van der Waals surface area contributed by atoms with Crippen molar-refractivity contribution in [1.29, 1.82) is 0 Å². The number of benzene rings is 1. The molecule has 0 aliphatic rings. The van der Waals surface area contributed by atoms with Gasteiger partial charge in [0.1, 0.15) is 17.1 Å². The minimum absolute atomic E-state index is 0.117. The van der Waals surface area contributed by atoms with Crippen LogP contribution in [0, 0.1) is 5.82 Å². The van der Waals surface area contributed by atoms with Gasteiger partial charge in [0.25, 0.3) is 0 Å². The smallest absolute Gasteiger partial charge is 0.341 e. The molecule has 0 saturated heterocycles. The number of pyridine rings is 1. The zero-order chi connectivity index (χ0) is 14.0. The largest absolute Gasteiger partial charge is 0.477 e. The Balaban J connectivity index is 2.40. The van der Waals surface area contributed by atoms with E-state index < -0.39 is 11.8 Å². The Bertz CT molecular complexity index is 649. The first-order valence-corrected chi connectivity index (χ1v) is 5.88. The van der Waals surface area contributed by atoms with Crippen molar-refractivity contribution in [3.63, 3.8) is 0 Å². The highest BCUT2D eigenvalue weighted by Gasteiger charge is 2.15. The molecule has 0 saturated carbocycles. The Labute approximate surface area is 116 Å². The molecule has 0 spiro atoms. The number of hydrogen-bond donors (Lipinski definition) is 2. The van der Waals surface area contributed by atoms with Gasteiger partial charge < -0.3 is 15.6 Å². The second-order valence-electron chi connectivity index (χ2n) is 3.60. The monoisotopic (exact) mass is 326 g/mol. The van der Waals surface area contributed by atoms with Gasteiger partial charge in [-0.1, -0.05) is 0 Å². The van der Waals surface area contributed by atoms with E-state index >= 15 is 0 Å². The molecule has 2 rings (SSSR count). The van der Waals surface area contributed by atoms with Gasteiger partial charge in [-0.25, -0.2) is 14.2 Å². The van der Waals surface area contributed by atoms with Gasteiger partial charge in [0.15, 0.2) is 0 Å². The van der Waals surface area contributed by atoms with Crippen molar-refractivity contribution in [3.8, 4) is 11.6 Å². The molecular weight excluding hydrogens is 319 g/mol. The summed E-state index contributed by atoms with van der Waals surface area (Å²) in [5.41, 5.74) is 5.51. The standard InChI is InChI=1S/C12H8BrFN2O3/c13-9-3-6(14)1-2-10(9)19-11-8(12(17)18)4-7(15)5-16-11/h1-5H,15H2,(H,17,18). The van der Waals surface area contributed by atoms with Crippen LogP contribution in [0.25, 0.3) is 0 Å². The molecule has 3 N–H and O–H groups in total. The molecule has 0 radical (unpaired) electrons. The number of hydrogen-bond acceptors (Lipinski definition) is 4. The van der Waals surface area contributed by atoms with E-state index in [1.165, 1.54) is 30.5 Å². The van der Waals surface area contributed by atoms with Crippen molar-refractivity contribution in [3.05, 3.63) is 46.3 Å². The summed E-state index contributed by atoms with van der Waals surface area (Å²) in [5.74, 6) is -1.52. The van der Waals surface area contributed by atoms with Crippen LogP contribution in [0.1, 0.15) is 10.4 Å². The van der Waals surface area contributed by atoms with Gasteiger partial charge in [-0.05, 0) is 40.2 Å². The first-order chi connectivity index (χ1) is 8.97. The second-order valence-corrected chi connectivity index (χ2v) is 4.46. The summed E-state index contributed by atoms with van der Waals surface area (Å²) >= 11 is 3.12. The molecule has 0 fully saturated rings. The lowest BCUT2D eigenvalue weighted by molar-refractivity contribution is 0.0693. The van der Waals surface area contributed by atoms with Crippen LogP contribution in [0.4, 0.5) is 10.1 Å². The zero-order valence-corrected chi connectivity index (χ0v) is 11.0. The van der Waals surface area contributed by atoms with Crippen molar-refractivity contribution >= 4 is 27.6 Å². The number of nitrogen functional groups attached to an aromatic ring is 1. The fourth-order valence-corrected chi connectivity index (χ4v) is 1.80. The summed E-state index contributed by atoms with van der Waals surface area (Å²) < 4.78 is 18.6. The van der Waals surface area contributed by atoms with Crippen molar-refractivity contribution in [2.75, 3.05) is 5.73 Å². The van der Waals surface area contributed by atoms with E-state index in [1.54, 1.807) is 0 Å². The molecule has 1 aromatic heterocycles. The molecule has 0 atom stereocenters. The number of carboxylic acid groups (broad SMARTS) is 1. The van der Waals surface area contributed by atoms with Crippen LogP contribution in [-0.2, 0) is 0 Å². The number of carbonyl (C=O) groups is 1. The lowest BCUT2D eigenvalue weighted by Crippen LogP contribution is -2.03. The summed E-state index contributed by atoms with van der Waals surface area (Å²) in [6, 6.07) is 5.00. The van der Waals surface area contributed by atoms with Crippen LogP contribution >= 0.6 is 15.9 Å². The van der Waals surface area contributed by atoms with E-state index in [0.717, 1.165) is 0 Å². The van der Waals surface area contributed by atoms with E-state index in [-0.39, 0.29) is 22.9 Å². The molecule has 7 heteroatoms. The van der Waals surface area contributed by atoms with Crippen LogP contribution in [-0.4, -0.2) is 16.1 Å². The highest BCUT2D eigenvalue weighted by molar-refractivity contribution is 9.10. The third-order valence-corrected chi connectivity index (χ3v) is 2.82. The van der Waals surface area contributed by atoms with E-state index in [4.69, 9.17) is 15.6 Å². The maximum Gasteiger partial charge on any atom is 0.341 e. The second kappa shape index (κ2) is 5.23. The summed E-state index contributed by atoms with van der Waals surface area (Å²) in [7, 11) is 0. The highest BCUT2D eigenvalue weighted by atomic mass is 79.9. The molecule has 0 amide bonds. The SMILES string of the molecule is Nc1cnc(Oc2ccc(F)cc2Br)c(C(=O)O)c1. The normalized spacial score (nSPS) is 10.2. The first-order valence-electron chi connectivity index (χ1n) is 5.09. The van der Waals surface area contributed by atoms with Gasteiger partial charge in [0.05, 0.1) is 16.4 Å². The molecule has 1 heterocycles. The molecule has 0 bridgehead atoms. The third kappa shape index (κ3) is 3.00. The number of rotatable bonds is 3. The predicted octanol–water partition coefficient (Wildman–Crippen LogP) is 3.06. The number of carboxylic acids is 1. The van der Waals surface area contributed by atoms with Crippen LogP contribution in [0.3, 0.4) is 0 Å². The minimum Gasteiger partial charge on any atom is -0.477 e.